The summed E-state index contributed by atoms with van der Waals surface area (Å²) in [7, 11) is -3.72. The third-order valence-corrected chi connectivity index (χ3v) is 7.44. The molecule has 0 radical (unpaired) electrons. The van der Waals surface area contributed by atoms with Gasteiger partial charge in [0.15, 0.2) is 0 Å². The van der Waals surface area contributed by atoms with E-state index in [-0.39, 0.29) is 16.0 Å². The van der Waals surface area contributed by atoms with E-state index in [0.29, 0.717) is 22.2 Å². The molecule has 4 rings (SSSR count). The Hall–Kier alpha value is -3.35. The Labute approximate surface area is 192 Å². The maximum absolute atomic E-state index is 12.2. The second-order valence-corrected chi connectivity index (χ2v) is 10.0. The third-order valence-electron chi connectivity index (χ3n) is 4.00. The molecule has 0 fully saturated rings. The minimum atomic E-state index is -3.72. The van der Waals surface area contributed by atoms with Crippen molar-refractivity contribution in [2.75, 3.05) is 15.8 Å². The molecule has 2 heterocycles. The fourth-order valence-electron chi connectivity index (χ4n) is 2.56. The summed E-state index contributed by atoms with van der Waals surface area (Å²) in [6.45, 7) is 0. The predicted molar refractivity (Wildman–Crippen MR) is 124 cm³/mol. The quantitative estimate of drug-likeness (QED) is 0.364. The molecule has 2 aromatic heterocycles. The highest BCUT2D eigenvalue weighted by Crippen LogP contribution is 2.20. The number of thioether (sulfide) groups is 1. The van der Waals surface area contributed by atoms with Crippen LogP contribution in [-0.4, -0.2) is 40.2 Å². The second kappa shape index (κ2) is 9.85. The zero-order valence-electron chi connectivity index (χ0n) is 16.4. The summed E-state index contributed by atoms with van der Waals surface area (Å²) in [6.07, 6.45) is 3.04. The largest absolute Gasteiger partial charge is 0.325 e. The van der Waals surface area contributed by atoms with E-state index < -0.39 is 10.0 Å². The van der Waals surface area contributed by atoms with Gasteiger partial charge in [0.05, 0.1) is 11.9 Å². The lowest BCUT2D eigenvalue weighted by molar-refractivity contribution is -0.113. The summed E-state index contributed by atoms with van der Waals surface area (Å²) in [5, 5.41) is 12.9. The molecule has 0 saturated carbocycles. The van der Waals surface area contributed by atoms with Crippen molar-refractivity contribution >= 4 is 50.4 Å². The number of nitrogens with one attached hydrogen (secondary N) is 2. The Morgan fingerprint density at radius 1 is 0.969 bits per heavy atom. The smallest absolute Gasteiger partial charge is 0.289 e. The summed E-state index contributed by atoms with van der Waals surface area (Å²) in [5.74, 6) is -0.146. The molecule has 0 unspecified atom stereocenters. The first kappa shape index (κ1) is 21.9. The first-order chi connectivity index (χ1) is 15.5. The van der Waals surface area contributed by atoms with Crippen LogP contribution >= 0.6 is 23.1 Å². The van der Waals surface area contributed by atoms with Crippen LogP contribution in [-0.2, 0) is 14.8 Å². The maximum atomic E-state index is 12.2. The average Bonchev–Trinajstić information content (AvgIpc) is 3.36. The maximum Gasteiger partial charge on any atom is 0.289 e. The molecule has 2 aromatic carbocycles. The number of carbonyl (C=O) groups is 1. The van der Waals surface area contributed by atoms with Crippen LogP contribution in [0.15, 0.2) is 81.9 Å². The fourth-order valence-corrected chi connectivity index (χ4v) is 5.01. The number of sulfonamides is 1. The van der Waals surface area contributed by atoms with Crippen molar-refractivity contribution in [1.29, 1.82) is 0 Å². The number of benzene rings is 2. The van der Waals surface area contributed by atoms with Crippen molar-refractivity contribution in [1.82, 2.24) is 20.2 Å². The molecule has 12 heteroatoms. The van der Waals surface area contributed by atoms with E-state index in [1.165, 1.54) is 18.0 Å². The van der Waals surface area contributed by atoms with Crippen molar-refractivity contribution in [3.05, 3.63) is 72.4 Å². The SMILES string of the molecule is O=C(CSc1ncc(-c2ccccc2)nn1)Nc1ccc(NS(=O)(=O)c2nccs2)cc1. The Bertz CT molecular complexity index is 1280. The molecule has 0 saturated heterocycles. The second-order valence-electron chi connectivity index (χ2n) is 6.31. The van der Waals surface area contributed by atoms with E-state index in [1.807, 2.05) is 30.3 Å². The Balaban J connectivity index is 1.29. The van der Waals surface area contributed by atoms with Crippen LogP contribution in [0.1, 0.15) is 0 Å². The molecule has 9 nitrogen and oxygen atoms in total. The van der Waals surface area contributed by atoms with Crippen LogP contribution < -0.4 is 10.0 Å². The van der Waals surface area contributed by atoms with Gasteiger partial charge in [0, 0.05) is 28.5 Å². The number of hydrogen-bond acceptors (Lipinski definition) is 9. The first-order valence-corrected chi connectivity index (χ1v) is 12.5. The molecular weight excluding hydrogens is 468 g/mol. The number of carbonyl (C=O) groups excluding carboxylic acids is 1. The Morgan fingerprint density at radius 2 is 1.72 bits per heavy atom. The van der Waals surface area contributed by atoms with Crippen molar-refractivity contribution in [3.8, 4) is 11.3 Å². The minimum absolute atomic E-state index is 0.0135. The number of amides is 1. The van der Waals surface area contributed by atoms with E-state index in [1.54, 1.807) is 35.8 Å². The Kier molecular flexibility index (Phi) is 6.73. The lowest BCUT2D eigenvalue weighted by Crippen LogP contribution is -2.15. The monoisotopic (exact) mass is 484 g/mol. The zero-order chi connectivity index (χ0) is 22.4. The topological polar surface area (TPSA) is 127 Å². The number of hydrogen-bond donors (Lipinski definition) is 2. The van der Waals surface area contributed by atoms with Crippen LogP contribution in [0.2, 0.25) is 0 Å². The summed E-state index contributed by atoms with van der Waals surface area (Å²) in [4.78, 5) is 20.3. The third kappa shape index (κ3) is 5.66. The van der Waals surface area contributed by atoms with Crippen LogP contribution in [0.5, 0.6) is 0 Å². The molecule has 0 aliphatic heterocycles. The number of nitrogens with zero attached hydrogens (tertiary/aromatic N) is 4. The van der Waals surface area contributed by atoms with Crippen molar-refractivity contribution in [2.24, 2.45) is 0 Å². The minimum Gasteiger partial charge on any atom is -0.325 e. The van der Waals surface area contributed by atoms with Gasteiger partial charge in [-0.3, -0.25) is 9.52 Å². The van der Waals surface area contributed by atoms with Crippen molar-refractivity contribution in [3.63, 3.8) is 0 Å². The van der Waals surface area contributed by atoms with Gasteiger partial charge in [0.2, 0.25) is 15.4 Å². The number of thiazole rings is 1. The van der Waals surface area contributed by atoms with E-state index in [2.05, 4.69) is 30.2 Å². The van der Waals surface area contributed by atoms with Gasteiger partial charge < -0.3 is 5.32 Å². The molecule has 162 valence electrons. The van der Waals surface area contributed by atoms with Gasteiger partial charge in [-0.25, -0.2) is 9.97 Å². The van der Waals surface area contributed by atoms with Gasteiger partial charge in [-0.1, -0.05) is 42.1 Å². The van der Waals surface area contributed by atoms with Crippen LogP contribution in [0, 0.1) is 0 Å². The molecule has 1 amide bonds. The molecule has 0 spiro atoms. The van der Waals surface area contributed by atoms with Gasteiger partial charge in [-0.2, -0.15) is 8.42 Å². The average molecular weight is 485 g/mol. The normalized spacial score (nSPS) is 11.1. The highest BCUT2D eigenvalue weighted by Gasteiger charge is 2.17. The van der Waals surface area contributed by atoms with E-state index in [0.717, 1.165) is 16.9 Å². The van der Waals surface area contributed by atoms with E-state index in [4.69, 9.17) is 0 Å². The standard InChI is InChI=1S/C20H16N6O3S3/c27-18(13-31-19-22-12-17(24-25-19)14-4-2-1-3-5-14)23-15-6-8-16(9-7-15)26-32(28,29)20-21-10-11-30-20/h1-12,26H,13H2,(H,23,27). The Morgan fingerprint density at radius 3 is 2.38 bits per heavy atom. The van der Waals surface area contributed by atoms with Gasteiger partial charge in [-0.05, 0) is 24.3 Å². The van der Waals surface area contributed by atoms with Gasteiger partial charge in [0.25, 0.3) is 10.0 Å². The number of anilines is 2. The fraction of sp³-hybridized carbons (Fsp3) is 0.0500. The highest BCUT2D eigenvalue weighted by molar-refractivity contribution is 7.99. The van der Waals surface area contributed by atoms with Gasteiger partial charge >= 0.3 is 0 Å². The van der Waals surface area contributed by atoms with Crippen LogP contribution in [0.4, 0.5) is 11.4 Å². The number of aromatic nitrogens is 4. The lowest BCUT2D eigenvalue weighted by atomic mass is 10.2. The molecule has 2 N–H and O–H groups in total. The molecule has 0 bridgehead atoms. The first-order valence-electron chi connectivity index (χ1n) is 9.20. The summed E-state index contributed by atoms with van der Waals surface area (Å²) >= 11 is 2.20. The van der Waals surface area contributed by atoms with Crippen molar-refractivity contribution in [2.45, 2.75) is 9.50 Å². The molecule has 0 aliphatic carbocycles. The number of rotatable bonds is 8. The van der Waals surface area contributed by atoms with Gasteiger partial charge in [0.1, 0.15) is 5.69 Å². The molecular formula is C20H16N6O3S3. The van der Waals surface area contributed by atoms with Crippen LogP contribution in [0.3, 0.4) is 0 Å². The lowest BCUT2D eigenvalue weighted by Gasteiger charge is -2.08. The zero-order valence-corrected chi connectivity index (χ0v) is 18.8. The van der Waals surface area contributed by atoms with E-state index >= 15 is 0 Å². The summed E-state index contributed by atoms with van der Waals surface area (Å²) in [5.41, 5.74) is 2.47. The molecule has 32 heavy (non-hydrogen) atoms. The van der Waals surface area contributed by atoms with Crippen molar-refractivity contribution < 1.29 is 13.2 Å². The summed E-state index contributed by atoms with van der Waals surface area (Å²) in [6, 6.07) is 15.9. The van der Waals surface area contributed by atoms with Gasteiger partial charge in [-0.15, -0.1) is 21.5 Å². The molecule has 0 atom stereocenters. The van der Waals surface area contributed by atoms with Crippen LogP contribution in [0.25, 0.3) is 11.3 Å². The highest BCUT2D eigenvalue weighted by atomic mass is 32.2. The predicted octanol–water partition coefficient (Wildman–Crippen LogP) is 3.53. The van der Waals surface area contributed by atoms with E-state index in [9.17, 15) is 13.2 Å². The summed E-state index contributed by atoms with van der Waals surface area (Å²) < 4.78 is 26.8. The molecule has 4 aromatic rings. The molecule has 0 aliphatic rings.